The maximum Gasteiger partial charge on any atom is 0.126 e. The van der Waals surface area contributed by atoms with Crippen LogP contribution in [0, 0.1) is 12.8 Å². The molecule has 0 saturated heterocycles. The fraction of sp³-hybridized carbons (Fsp3) is 0.152. The van der Waals surface area contributed by atoms with Crippen molar-refractivity contribution < 1.29 is 0 Å². The van der Waals surface area contributed by atoms with Gasteiger partial charge < -0.3 is 16.0 Å². The number of nitrogen functional groups attached to an aromatic ring is 1. The molecule has 0 aliphatic heterocycles. The summed E-state index contributed by atoms with van der Waals surface area (Å²) in [6.07, 6.45) is 22.8. The van der Waals surface area contributed by atoms with Gasteiger partial charge in [0.1, 0.15) is 5.82 Å². The Hall–Kier alpha value is -4.82. The Morgan fingerprint density at radius 1 is 1.11 bits per heavy atom. The van der Waals surface area contributed by atoms with Crippen LogP contribution >= 0.6 is 0 Å². The van der Waals surface area contributed by atoms with Gasteiger partial charge in [-0.3, -0.25) is 4.98 Å². The molecule has 0 bridgehead atoms. The van der Waals surface area contributed by atoms with Crippen molar-refractivity contribution in [1.82, 2.24) is 20.3 Å². The van der Waals surface area contributed by atoms with Crippen LogP contribution in [0.25, 0.3) is 27.6 Å². The first-order valence-electron chi connectivity index (χ1n) is 12.5. The summed E-state index contributed by atoms with van der Waals surface area (Å²) in [4.78, 5) is 12.3. The van der Waals surface area contributed by atoms with E-state index in [1.54, 1.807) is 24.7 Å². The second-order valence-corrected chi connectivity index (χ2v) is 8.35. The Bertz CT molecular complexity index is 1420. The lowest BCUT2D eigenvalue weighted by Crippen LogP contribution is -2.03. The Morgan fingerprint density at radius 2 is 1.87 bits per heavy atom. The Balaban J connectivity index is 0.000000947. The molecule has 0 aliphatic rings. The van der Waals surface area contributed by atoms with Crippen LogP contribution in [0.3, 0.4) is 0 Å². The number of pyridine rings is 2. The fourth-order valence-electron chi connectivity index (χ4n) is 3.89. The van der Waals surface area contributed by atoms with E-state index in [2.05, 4.69) is 96.5 Å². The predicted octanol–water partition coefficient (Wildman–Crippen LogP) is 7.67. The molecule has 0 aliphatic carbocycles. The number of aromatic nitrogens is 3. The summed E-state index contributed by atoms with van der Waals surface area (Å²) in [5.74, 6) is 0.525. The number of hydrogen-bond donors (Lipinski definition) is 3. The lowest BCUT2D eigenvalue weighted by molar-refractivity contribution is 1.09. The molecule has 4 rings (SSSR count). The number of benzene rings is 1. The molecule has 3 heterocycles. The normalized spacial score (nSPS) is 11.0. The van der Waals surface area contributed by atoms with Crippen molar-refractivity contribution in [3.63, 3.8) is 0 Å². The number of nitrogens with one attached hydrogen (secondary N) is 2. The number of nitrogens with zero attached hydrogens (tertiary/aromatic N) is 2. The SMILES string of the molecule is C#C.C=CN/C(C=C)=C/C(=C\C)c1cnc(N)c(Cc2cc3c(-c4cccnc4)cccc3[nH]2)c1.CCC. The minimum absolute atomic E-state index is 0.525. The van der Waals surface area contributed by atoms with E-state index in [0.717, 1.165) is 50.1 Å². The summed E-state index contributed by atoms with van der Waals surface area (Å²) >= 11 is 0. The number of aromatic amines is 1. The lowest BCUT2D eigenvalue weighted by Gasteiger charge is -2.10. The summed E-state index contributed by atoms with van der Waals surface area (Å²) in [6, 6.07) is 14.6. The van der Waals surface area contributed by atoms with Crippen LogP contribution in [-0.2, 0) is 6.42 Å². The van der Waals surface area contributed by atoms with Crippen molar-refractivity contribution in [2.24, 2.45) is 0 Å². The molecule has 1 aromatic carbocycles. The number of anilines is 1. The number of rotatable bonds is 8. The third-order valence-electron chi connectivity index (χ3n) is 5.52. The smallest absolute Gasteiger partial charge is 0.126 e. The molecule has 0 spiro atoms. The molecule has 0 radical (unpaired) electrons. The van der Waals surface area contributed by atoms with Gasteiger partial charge in [0.25, 0.3) is 0 Å². The first kappa shape index (κ1) is 29.4. The van der Waals surface area contributed by atoms with Gasteiger partial charge in [-0.1, -0.05) is 57.7 Å². The van der Waals surface area contributed by atoms with Crippen LogP contribution in [0.4, 0.5) is 5.82 Å². The molecule has 0 atom stereocenters. The third-order valence-corrected chi connectivity index (χ3v) is 5.52. The van der Waals surface area contributed by atoms with E-state index < -0.39 is 0 Å². The molecular weight excluding hydrogens is 466 g/mol. The van der Waals surface area contributed by atoms with Crippen molar-refractivity contribution in [2.45, 2.75) is 33.6 Å². The van der Waals surface area contributed by atoms with Crippen molar-refractivity contribution >= 4 is 22.3 Å². The van der Waals surface area contributed by atoms with Crippen LogP contribution in [0.15, 0.2) is 104 Å². The van der Waals surface area contributed by atoms with E-state index in [4.69, 9.17) is 5.73 Å². The zero-order valence-electron chi connectivity index (χ0n) is 22.5. The quantitative estimate of drug-likeness (QED) is 0.170. The Kier molecular flexibility index (Phi) is 11.9. The van der Waals surface area contributed by atoms with Crippen molar-refractivity contribution in [3.05, 3.63) is 121 Å². The number of fused-ring (bicyclic) bond motifs is 1. The molecule has 5 heteroatoms. The number of hydrogen-bond acceptors (Lipinski definition) is 4. The first-order chi connectivity index (χ1) is 18.5. The van der Waals surface area contributed by atoms with E-state index in [9.17, 15) is 0 Å². The summed E-state index contributed by atoms with van der Waals surface area (Å²) in [5, 5.41) is 4.24. The van der Waals surface area contributed by atoms with Crippen LogP contribution in [0.1, 0.15) is 44.0 Å². The largest absolute Gasteiger partial charge is 0.383 e. The highest BCUT2D eigenvalue weighted by Crippen LogP contribution is 2.30. The van der Waals surface area contributed by atoms with E-state index in [1.165, 1.54) is 6.42 Å². The number of nitrogens with two attached hydrogens (primary N) is 1. The average Bonchev–Trinajstić information content (AvgIpc) is 3.37. The van der Waals surface area contributed by atoms with Crippen molar-refractivity contribution in [3.8, 4) is 24.0 Å². The van der Waals surface area contributed by atoms with Crippen LogP contribution in [0.5, 0.6) is 0 Å². The van der Waals surface area contributed by atoms with Crippen molar-refractivity contribution in [2.75, 3.05) is 5.73 Å². The summed E-state index contributed by atoms with van der Waals surface area (Å²) in [5.41, 5.74) is 14.5. The number of allylic oxidation sites excluding steroid dienone is 4. The van der Waals surface area contributed by atoms with Gasteiger partial charge in [0.15, 0.2) is 0 Å². The second kappa shape index (κ2) is 15.3. The van der Waals surface area contributed by atoms with Crippen LogP contribution < -0.4 is 11.1 Å². The van der Waals surface area contributed by atoms with Crippen molar-refractivity contribution in [1.29, 1.82) is 0 Å². The van der Waals surface area contributed by atoms with E-state index >= 15 is 0 Å². The summed E-state index contributed by atoms with van der Waals surface area (Å²) < 4.78 is 0. The van der Waals surface area contributed by atoms with Gasteiger partial charge in [-0.25, -0.2) is 4.98 Å². The number of terminal acetylenes is 1. The maximum atomic E-state index is 6.26. The first-order valence-corrected chi connectivity index (χ1v) is 12.5. The molecule has 4 aromatic rings. The molecule has 38 heavy (non-hydrogen) atoms. The van der Waals surface area contributed by atoms with Crippen LogP contribution in [-0.4, -0.2) is 15.0 Å². The number of H-pyrrole nitrogens is 1. The highest BCUT2D eigenvalue weighted by molar-refractivity contribution is 5.95. The topological polar surface area (TPSA) is 79.6 Å². The van der Waals surface area contributed by atoms with Gasteiger partial charge in [0.2, 0.25) is 0 Å². The molecule has 0 saturated carbocycles. The highest BCUT2D eigenvalue weighted by Gasteiger charge is 2.11. The van der Waals surface area contributed by atoms with E-state index in [0.29, 0.717) is 12.2 Å². The van der Waals surface area contributed by atoms with Gasteiger partial charge in [-0.15, -0.1) is 12.8 Å². The highest BCUT2D eigenvalue weighted by atomic mass is 14.8. The molecular formula is C33H37N5. The van der Waals surface area contributed by atoms with Gasteiger partial charge >= 0.3 is 0 Å². The monoisotopic (exact) mass is 503 g/mol. The molecule has 3 aromatic heterocycles. The molecule has 0 unspecified atom stereocenters. The molecule has 194 valence electrons. The van der Waals surface area contributed by atoms with E-state index in [1.807, 2.05) is 31.3 Å². The molecule has 0 amide bonds. The summed E-state index contributed by atoms with van der Waals surface area (Å²) in [6.45, 7) is 13.8. The van der Waals surface area contributed by atoms with Crippen LogP contribution in [0.2, 0.25) is 0 Å². The average molecular weight is 504 g/mol. The minimum atomic E-state index is 0.525. The van der Waals surface area contributed by atoms with Gasteiger partial charge in [0, 0.05) is 64.0 Å². The third kappa shape index (κ3) is 7.59. The zero-order chi connectivity index (χ0) is 27.9. The predicted molar refractivity (Wildman–Crippen MR) is 164 cm³/mol. The Morgan fingerprint density at radius 3 is 2.50 bits per heavy atom. The second-order valence-electron chi connectivity index (χ2n) is 8.35. The Labute approximate surface area is 226 Å². The maximum absolute atomic E-state index is 6.26. The minimum Gasteiger partial charge on any atom is -0.383 e. The summed E-state index contributed by atoms with van der Waals surface area (Å²) in [7, 11) is 0. The van der Waals surface area contributed by atoms with Gasteiger partial charge in [0.05, 0.1) is 0 Å². The standard InChI is InChI=1S/C28H27N5.C3H8.C2H2/c1-4-19(14-23(5-2)31-6-3)22-13-21(28(29)32-18-22)15-24-16-26-25(10-7-11-27(26)33-24)20-9-8-12-30-17-20;1-3-2;1-2/h4-14,16-18,31,33H,2-3,15H2,1H3,(H2,29,32);3H2,1-2H3;1-2H/b19-4+,23-14+;;. The zero-order valence-corrected chi connectivity index (χ0v) is 22.5. The fourth-order valence-corrected chi connectivity index (χ4v) is 3.89. The van der Waals surface area contributed by atoms with Gasteiger partial charge in [-0.05, 0) is 60.7 Å². The molecule has 0 fully saturated rings. The molecule has 5 nitrogen and oxygen atoms in total. The van der Waals surface area contributed by atoms with Gasteiger partial charge in [-0.2, -0.15) is 0 Å². The molecule has 4 N–H and O–H groups in total. The lowest BCUT2D eigenvalue weighted by atomic mass is 10.0. The van der Waals surface area contributed by atoms with E-state index in [-0.39, 0.29) is 0 Å².